The van der Waals surface area contributed by atoms with Crippen molar-refractivity contribution in [1.29, 1.82) is 0 Å². The van der Waals surface area contributed by atoms with E-state index in [9.17, 15) is 22.4 Å². The topological polar surface area (TPSA) is 32.3 Å². The Labute approximate surface area is 202 Å². The molecule has 1 aliphatic heterocycles. The van der Waals surface area contributed by atoms with Gasteiger partial charge in [-0.1, -0.05) is 66.7 Å². The number of alkyl halides is 3. The Morgan fingerprint density at radius 3 is 2.00 bits per heavy atom. The SMILES string of the molecule is O=C(NC1CCN(CCC(c2ccccc2)c2ccccc2)CC1)c1c(F)cccc1C(F)(F)F. The van der Waals surface area contributed by atoms with Crippen LogP contribution in [-0.2, 0) is 6.18 Å². The highest BCUT2D eigenvalue weighted by atomic mass is 19.4. The van der Waals surface area contributed by atoms with Crippen LogP contribution in [0.15, 0.2) is 78.9 Å². The maximum absolute atomic E-state index is 14.1. The zero-order valence-corrected chi connectivity index (χ0v) is 19.3. The Morgan fingerprint density at radius 2 is 1.46 bits per heavy atom. The van der Waals surface area contributed by atoms with Gasteiger partial charge in [-0.15, -0.1) is 0 Å². The standard InChI is InChI=1S/C28H28F4N2O/c29-25-13-7-12-24(28(30,31)32)26(25)27(35)33-22-14-17-34(18-15-22)19-16-23(20-8-3-1-4-9-20)21-10-5-2-6-11-21/h1-13,22-23H,14-19H2,(H,33,35). The summed E-state index contributed by atoms with van der Waals surface area (Å²) >= 11 is 0. The van der Waals surface area contributed by atoms with Crippen LogP contribution in [0.2, 0.25) is 0 Å². The van der Waals surface area contributed by atoms with Gasteiger partial charge >= 0.3 is 6.18 Å². The molecule has 0 bridgehead atoms. The van der Waals surface area contributed by atoms with E-state index in [1.54, 1.807) is 0 Å². The number of hydrogen-bond donors (Lipinski definition) is 1. The average molecular weight is 485 g/mol. The van der Waals surface area contributed by atoms with E-state index < -0.39 is 29.0 Å². The predicted octanol–water partition coefficient (Wildman–Crippen LogP) is 6.26. The first-order chi connectivity index (χ1) is 16.8. The number of amides is 1. The number of carbonyl (C=O) groups excluding carboxylic acids is 1. The first kappa shape index (κ1) is 24.9. The van der Waals surface area contributed by atoms with Crippen molar-refractivity contribution in [3.63, 3.8) is 0 Å². The Bertz CT molecular complexity index is 1070. The molecule has 1 saturated heterocycles. The van der Waals surface area contributed by atoms with Crippen LogP contribution in [0, 0.1) is 5.82 Å². The molecule has 0 unspecified atom stereocenters. The van der Waals surface area contributed by atoms with Crippen molar-refractivity contribution in [2.45, 2.75) is 37.4 Å². The van der Waals surface area contributed by atoms with Crippen molar-refractivity contribution in [2.75, 3.05) is 19.6 Å². The number of benzene rings is 3. The van der Waals surface area contributed by atoms with Crippen LogP contribution in [0.3, 0.4) is 0 Å². The van der Waals surface area contributed by atoms with Gasteiger partial charge < -0.3 is 10.2 Å². The van der Waals surface area contributed by atoms with E-state index in [0.29, 0.717) is 25.9 Å². The molecule has 184 valence electrons. The van der Waals surface area contributed by atoms with Crippen LogP contribution in [0.25, 0.3) is 0 Å². The number of nitrogens with one attached hydrogen (secondary N) is 1. The monoisotopic (exact) mass is 484 g/mol. The Morgan fingerprint density at radius 1 is 0.886 bits per heavy atom. The Kier molecular flexibility index (Phi) is 7.86. The van der Waals surface area contributed by atoms with E-state index in [4.69, 9.17) is 0 Å². The van der Waals surface area contributed by atoms with Crippen molar-refractivity contribution in [3.05, 3.63) is 107 Å². The van der Waals surface area contributed by atoms with Gasteiger partial charge in [-0.25, -0.2) is 4.39 Å². The van der Waals surface area contributed by atoms with E-state index in [2.05, 4.69) is 34.5 Å². The minimum absolute atomic E-state index is 0.261. The lowest BCUT2D eigenvalue weighted by molar-refractivity contribution is -0.138. The molecule has 0 radical (unpaired) electrons. The average Bonchev–Trinajstić information content (AvgIpc) is 2.86. The first-order valence-electron chi connectivity index (χ1n) is 11.8. The number of carbonyl (C=O) groups is 1. The van der Waals surface area contributed by atoms with Crippen LogP contribution in [0.5, 0.6) is 0 Å². The molecule has 0 saturated carbocycles. The number of likely N-dealkylation sites (tertiary alicyclic amines) is 1. The fourth-order valence-corrected chi connectivity index (χ4v) is 4.76. The van der Waals surface area contributed by atoms with Crippen molar-refractivity contribution in [2.24, 2.45) is 0 Å². The smallest absolute Gasteiger partial charge is 0.349 e. The maximum atomic E-state index is 14.1. The number of halogens is 4. The fourth-order valence-electron chi connectivity index (χ4n) is 4.76. The lowest BCUT2D eigenvalue weighted by atomic mass is 9.88. The van der Waals surface area contributed by atoms with E-state index in [-0.39, 0.29) is 12.0 Å². The summed E-state index contributed by atoms with van der Waals surface area (Å²) in [5.41, 5.74) is 0.328. The molecule has 0 aromatic heterocycles. The van der Waals surface area contributed by atoms with Crippen molar-refractivity contribution in [3.8, 4) is 0 Å². The summed E-state index contributed by atoms with van der Waals surface area (Å²) in [7, 11) is 0. The van der Waals surface area contributed by atoms with E-state index in [1.165, 1.54) is 11.1 Å². The molecule has 3 nitrogen and oxygen atoms in total. The van der Waals surface area contributed by atoms with Gasteiger partial charge in [0.1, 0.15) is 5.82 Å². The molecule has 7 heteroatoms. The van der Waals surface area contributed by atoms with Gasteiger partial charge in [0.05, 0.1) is 11.1 Å². The molecular weight excluding hydrogens is 456 g/mol. The van der Waals surface area contributed by atoms with Crippen LogP contribution in [0.4, 0.5) is 17.6 Å². The summed E-state index contributed by atoms with van der Waals surface area (Å²) < 4.78 is 53.9. The van der Waals surface area contributed by atoms with Gasteiger partial charge in [0.25, 0.3) is 5.91 Å². The third-order valence-corrected chi connectivity index (χ3v) is 6.61. The molecular formula is C28H28F4N2O. The predicted molar refractivity (Wildman–Crippen MR) is 128 cm³/mol. The summed E-state index contributed by atoms with van der Waals surface area (Å²) in [6.07, 6.45) is -2.67. The van der Waals surface area contributed by atoms with Crippen molar-refractivity contribution >= 4 is 5.91 Å². The summed E-state index contributed by atoms with van der Waals surface area (Å²) in [6.45, 7) is 2.29. The van der Waals surface area contributed by atoms with Gasteiger partial charge in [-0.3, -0.25) is 4.79 Å². The highest BCUT2D eigenvalue weighted by Gasteiger charge is 2.37. The zero-order chi connectivity index (χ0) is 24.8. The summed E-state index contributed by atoms with van der Waals surface area (Å²) in [4.78, 5) is 14.9. The maximum Gasteiger partial charge on any atom is 0.417 e. The minimum Gasteiger partial charge on any atom is -0.349 e. The van der Waals surface area contributed by atoms with Crippen LogP contribution >= 0.6 is 0 Å². The molecule has 0 spiro atoms. The summed E-state index contributed by atoms with van der Waals surface area (Å²) in [5, 5.41) is 2.62. The molecule has 4 rings (SSSR count). The molecule has 35 heavy (non-hydrogen) atoms. The second-order valence-electron chi connectivity index (χ2n) is 8.91. The normalized spacial score (nSPS) is 15.3. The van der Waals surface area contributed by atoms with E-state index in [1.807, 2.05) is 36.4 Å². The van der Waals surface area contributed by atoms with E-state index in [0.717, 1.165) is 31.2 Å². The lowest BCUT2D eigenvalue weighted by Crippen LogP contribution is -2.45. The molecule has 1 fully saturated rings. The van der Waals surface area contributed by atoms with Crippen molar-refractivity contribution in [1.82, 2.24) is 10.2 Å². The van der Waals surface area contributed by atoms with Gasteiger partial charge in [0.2, 0.25) is 0 Å². The second kappa shape index (κ2) is 11.0. The molecule has 1 aliphatic rings. The van der Waals surface area contributed by atoms with Crippen LogP contribution in [-0.4, -0.2) is 36.5 Å². The Hall–Kier alpha value is -3.19. The quantitative estimate of drug-likeness (QED) is 0.402. The third-order valence-electron chi connectivity index (χ3n) is 6.61. The molecule has 0 aliphatic carbocycles. The number of rotatable bonds is 7. The Balaban J connectivity index is 1.34. The molecule has 1 N–H and O–H groups in total. The van der Waals surface area contributed by atoms with Crippen LogP contribution in [0.1, 0.15) is 52.2 Å². The van der Waals surface area contributed by atoms with Gasteiger partial charge in [0, 0.05) is 25.0 Å². The minimum atomic E-state index is -4.80. The van der Waals surface area contributed by atoms with Gasteiger partial charge in [-0.05, 0) is 49.1 Å². The third kappa shape index (κ3) is 6.28. The lowest BCUT2D eigenvalue weighted by Gasteiger charge is -2.33. The van der Waals surface area contributed by atoms with E-state index >= 15 is 0 Å². The highest BCUT2D eigenvalue weighted by Crippen LogP contribution is 2.33. The summed E-state index contributed by atoms with van der Waals surface area (Å²) in [6, 6.07) is 23.0. The number of hydrogen-bond acceptors (Lipinski definition) is 2. The molecule has 0 atom stereocenters. The van der Waals surface area contributed by atoms with Crippen molar-refractivity contribution < 1.29 is 22.4 Å². The van der Waals surface area contributed by atoms with Crippen LogP contribution < -0.4 is 5.32 Å². The second-order valence-corrected chi connectivity index (χ2v) is 8.91. The highest BCUT2D eigenvalue weighted by molar-refractivity contribution is 5.96. The molecule has 3 aromatic carbocycles. The zero-order valence-electron chi connectivity index (χ0n) is 19.3. The fraction of sp³-hybridized carbons (Fsp3) is 0.321. The van der Waals surface area contributed by atoms with Gasteiger partial charge in [0.15, 0.2) is 0 Å². The first-order valence-corrected chi connectivity index (χ1v) is 11.8. The van der Waals surface area contributed by atoms with Gasteiger partial charge in [-0.2, -0.15) is 13.2 Å². The summed E-state index contributed by atoms with van der Waals surface area (Å²) in [5.74, 6) is -1.92. The molecule has 3 aromatic rings. The number of nitrogens with zero attached hydrogens (tertiary/aromatic N) is 1. The number of piperidine rings is 1. The largest absolute Gasteiger partial charge is 0.417 e. The molecule has 1 amide bonds. The molecule has 1 heterocycles.